The Labute approximate surface area is 117 Å². The maximum atomic E-state index is 6.27. The molecule has 1 heterocycles. The normalized spacial score (nSPS) is 18.4. The Morgan fingerprint density at radius 1 is 1.05 bits per heavy atom. The standard InChI is InChI=1S/C15H19N3S/c16-13(11-7-3-1-4-8-11)15-18-17-14(19-15)12-9-5-2-6-10-12/h1,3-4,7-8,12-13H,2,5-6,9-10,16H2. The first-order valence-electron chi connectivity index (χ1n) is 6.98. The molecule has 1 unspecified atom stereocenters. The zero-order valence-corrected chi connectivity index (χ0v) is 11.8. The Hall–Kier alpha value is -1.26. The lowest BCUT2D eigenvalue weighted by Crippen LogP contribution is -2.11. The van der Waals surface area contributed by atoms with Crippen LogP contribution in [0.25, 0.3) is 0 Å². The number of nitrogens with zero attached hydrogens (tertiary/aromatic N) is 2. The Bertz CT molecular complexity index is 517. The minimum absolute atomic E-state index is 0.143. The third-order valence-electron chi connectivity index (χ3n) is 3.84. The highest BCUT2D eigenvalue weighted by molar-refractivity contribution is 7.11. The lowest BCUT2D eigenvalue weighted by Gasteiger charge is -2.18. The molecule has 3 nitrogen and oxygen atoms in total. The van der Waals surface area contributed by atoms with Crippen LogP contribution in [0.2, 0.25) is 0 Å². The summed E-state index contributed by atoms with van der Waals surface area (Å²) in [6.07, 6.45) is 6.53. The molecule has 0 aliphatic heterocycles. The van der Waals surface area contributed by atoms with Gasteiger partial charge in [-0.1, -0.05) is 60.9 Å². The van der Waals surface area contributed by atoms with Gasteiger partial charge in [-0.3, -0.25) is 0 Å². The molecule has 19 heavy (non-hydrogen) atoms. The van der Waals surface area contributed by atoms with Gasteiger partial charge in [0, 0.05) is 5.92 Å². The van der Waals surface area contributed by atoms with Gasteiger partial charge in [0.25, 0.3) is 0 Å². The smallest absolute Gasteiger partial charge is 0.138 e. The highest BCUT2D eigenvalue weighted by Gasteiger charge is 2.21. The average Bonchev–Trinajstić information content (AvgIpc) is 2.98. The molecule has 1 fully saturated rings. The first-order chi connectivity index (χ1) is 9.34. The average molecular weight is 273 g/mol. The van der Waals surface area contributed by atoms with Gasteiger partial charge < -0.3 is 5.73 Å². The molecule has 1 atom stereocenters. The molecule has 2 aromatic rings. The third kappa shape index (κ3) is 2.85. The first kappa shape index (κ1) is 12.8. The van der Waals surface area contributed by atoms with Gasteiger partial charge in [-0.25, -0.2) is 0 Å². The lowest BCUT2D eigenvalue weighted by molar-refractivity contribution is 0.440. The second-order valence-electron chi connectivity index (χ2n) is 5.20. The van der Waals surface area contributed by atoms with Gasteiger partial charge >= 0.3 is 0 Å². The van der Waals surface area contributed by atoms with Gasteiger partial charge in [0.15, 0.2) is 0 Å². The Balaban J connectivity index is 1.77. The van der Waals surface area contributed by atoms with Gasteiger partial charge in [-0.2, -0.15) is 0 Å². The molecule has 100 valence electrons. The Morgan fingerprint density at radius 3 is 2.53 bits per heavy atom. The van der Waals surface area contributed by atoms with Crippen molar-refractivity contribution in [2.24, 2.45) is 5.73 Å². The Kier molecular flexibility index (Phi) is 3.89. The molecule has 0 spiro atoms. The summed E-state index contributed by atoms with van der Waals surface area (Å²) in [6.45, 7) is 0. The molecule has 1 aliphatic rings. The van der Waals surface area contributed by atoms with Crippen molar-refractivity contribution in [3.63, 3.8) is 0 Å². The molecular weight excluding hydrogens is 254 g/mol. The van der Waals surface area contributed by atoms with Crippen LogP contribution in [-0.2, 0) is 0 Å². The maximum Gasteiger partial charge on any atom is 0.138 e. The van der Waals surface area contributed by atoms with Crippen molar-refractivity contribution in [2.75, 3.05) is 0 Å². The SMILES string of the molecule is NC(c1ccccc1)c1nnc(C2CCCCC2)s1. The van der Waals surface area contributed by atoms with Crippen molar-refractivity contribution in [1.29, 1.82) is 0 Å². The van der Waals surface area contributed by atoms with Gasteiger partial charge in [0.2, 0.25) is 0 Å². The van der Waals surface area contributed by atoms with Crippen LogP contribution in [0.15, 0.2) is 30.3 Å². The zero-order valence-electron chi connectivity index (χ0n) is 11.0. The summed E-state index contributed by atoms with van der Waals surface area (Å²) >= 11 is 1.70. The number of hydrogen-bond donors (Lipinski definition) is 1. The topological polar surface area (TPSA) is 51.8 Å². The van der Waals surface area contributed by atoms with Crippen LogP contribution in [0.5, 0.6) is 0 Å². The molecular formula is C15H19N3S. The van der Waals surface area contributed by atoms with Crippen molar-refractivity contribution in [2.45, 2.75) is 44.1 Å². The molecule has 1 aromatic heterocycles. The van der Waals surface area contributed by atoms with E-state index in [-0.39, 0.29) is 6.04 Å². The summed E-state index contributed by atoms with van der Waals surface area (Å²) < 4.78 is 0. The van der Waals surface area contributed by atoms with Crippen LogP contribution in [0.1, 0.15) is 59.6 Å². The summed E-state index contributed by atoms with van der Waals surface area (Å²) in [5.74, 6) is 0.614. The van der Waals surface area contributed by atoms with E-state index in [0.717, 1.165) is 10.6 Å². The summed E-state index contributed by atoms with van der Waals surface area (Å²) in [4.78, 5) is 0. The van der Waals surface area contributed by atoms with Crippen molar-refractivity contribution in [3.05, 3.63) is 45.9 Å². The highest BCUT2D eigenvalue weighted by Crippen LogP contribution is 2.35. The molecule has 1 saturated carbocycles. The zero-order chi connectivity index (χ0) is 13.1. The molecule has 2 N–H and O–H groups in total. The fourth-order valence-corrected chi connectivity index (χ4v) is 3.73. The van der Waals surface area contributed by atoms with E-state index in [1.807, 2.05) is 30.3 Å². The molecule has 0 bridgehead atoms. The molecule has 1 aromatic carbocycles. The van der Waals surface area contributed by atoms with E-state index in [1.165, 1.54) is 37.1 Å². The molecule has 4 heteroatoms. The Morgan fingerprint density at radius 2 is 1.79 bits per heavy atom. The minimum Gasteiger partial charge on any atom is -0.318 e. The number of benzene rings is 1. The van der Waals surface area contributed by atoms with Crippen LogP contribution in [-0.4, -0.2) is 10.2 Å². The van der Waals surface area contributed by atoms with Crippen LogP contribution in [0, 0.1) is 0 Å². The lowest BCUT2D eigenvalue weighted by atomic mass is 9.90. The van der Waals surface area contributed by atoms with Crippen molar-refractivity contribution < 1.29 is 0 Å². The minimum atomic E-state index is -0.143. The van der Waals surface area contributed by atoms with Crippen LogP contribution >= 0.6 is 11.3 Å². The number of nitrogens with two attached hydrogens (primary N) is 1. The fraction of sp³-hybridized carbons (Fsp3) is 0.467. The van der Waals surface area contributed by atoms with Gasteiger partial charge in [0.05, 0.1) is 6.04 Å². The van der Waals surface area contributed by atoms with E-state index in [1.54, 1.807) is 11.3 Å². The predicted octanol–water partition coefficient (Wildman–Crippen LogP) is 3.63. The monoisotopic (exact) mass is 273 g/mol. The summed E-state index contributed by atoms with van der Waals surface area (Å²) in [7, 11) is 0. The van der Waals surface area contributed by atoms with E-state index in [4.69, 9.17) is 5.73 Å². The molecule has 0 saturated heterocycles. The number of rotatable bonds is 3. The second-order valence-corrected chi connectivity index (χ2v) is 6.24. The van der Waals surface area contributed by atoms with Crippen LogP contribution in [0.3, 0.4) is 0 Å². The van der Waals surface area contributed by atoms with E-state index in [2.05, 4.69) is 10.2 Å². The first-order valence-corrected chi connectivity index (χ1v) is 7.80. The van der Waals surface area contributed by atoms with Crippen LogP contribution < -0.4 is 5.73 Å². The van der Waals surface area contributed by atoms with Gasteiger partial charge in [0.1, 0.15) is 10.0 Å². The van der Waals surface area contributed by atoms with E-state index < -0.39 is 0 Å². The van der Waals surface area contributed by atoms with E-state index in [0.29, 0.717) is 5.92 Å². The molecule has 1 aliphatic carbocycles. The van der Waals surface area contributed by atoms with Gasteiger partial charge in [-0.15, -0.1) is 10.2 Å². The maximum absolute atomic E-state index is 6.27. The predicted molar refractivity (Wildman–Crippen MR) is 78.2 cm³/mol. The van der Waals surface area contributed by atoms with Crippen LogP contribution in [0.4, 0.5) is 0 Å². The van der Waals surface area contributed by atoms with Gasteiger partial charge in [-0.05, 0) is 18.4 Å². The third-order valence-corrected chi connectivity index (χ3v) is 5.00. The van der Waals surface area contributed by atoms with Crippen molar-refractivity contribution in [3.8, 4) is 0 Å². The second kappa shape index (κ2) is 5.80. The molecule has 3 rings (SSSR count). The number of hydrogen-bond acceptors (Lipinski definition) is 4. The largest absolute Gasteiger partial charge is 0.318 e. The summed E-state index contributed by atoms with van der Waals surface area (Å²) in [5.41, 5.74) is 7.37. The number of aromatic nitrogens is 2. The quantitative estimate of drug-likeness (QED) is 0.929. The van der Waals surface area contributed by atoms with Crippen molar-refractivity contribution in [1.82, 2.24) is 10.2 Å². The molecule has 0 radical (unpaired) electrons. The van der Waals surface area contributed by atoms with E-state index in [9.17, 15) is 0 Å². The molecule has 0 amide bonds. The summed E-state index contributed by atoms with van der Waals surface area (Å²) in [6, 6.07) is 9.98. The summed E-state index contributed by atoms with van der Waals surface area (Å²) in [5, 5.41) is 10.8. The van der Waals surface area contributed by atoms with E-state index >= 15 is 0 Å². The van der Waals surface area contributed by atoms with Crippen molar-refractivity contribution >= 4 is 11.3 Å². The highest BCUT2D eigenvalue weighted by atomic mass is 32.1. The fourth-order valence-electron chi connectivity index (χ4n) is 2.69.